The predicted octanol–water partition coefficient (Wildman–Crippen LogP) is 10.5. The van der Waals surface area contributed by atoms with Crippen molar-refractivity contribution < 1.29 is 38.1 Å². The van der Waals surface area contributed by atoms with E-state index in [1.807, 2.05) is 97.1 Å². The Morgan fingerprint density at radius 2 is 0.574 bits per heavy atom. The molecule has 0 spiro atoms. The van der Waals surface area contributed by atoms with Gasteiger partial charge < -0.3 is 18.9 Å². The van der Waals surface area contributed by atoms with Crippen molar-refractivity contribution in [3.8, 4) is 0 Å². The lowest BCUT2D eigenvalue weighted by Crippen LogP contribution is -2.17. The molecule has 0 heterocycles. The van der Waals surface area contributed by atoms with Gasteiger partial charge in [0.25, 0.3) is 0 Å². The van der Waals surface area contributed by atoms with Crippen LogP contribution in [0.25, 0.3) is 75.4 Å². The van der Waals surface area contributed by atoms with E-state index in [4.69, 9.17) is 18.9 Å². The zero-order chi connectivity index (χ0) is 37.7. The third-order valence-electron chi connectivity index (χ3n) is 10.1. The van der Waals surface area contributed by atoms with Gasteiger partial charge in [0, 0.05) is 21.5 Å². The first kappa shape index (κ1) is 34.5. The molecule has 54 heavy (non-hydrogen) atoms. The molecule has 8 nitrogen and oxygen atoms in total. The summed E-state index contributed by atoms with van der Waals surface area (Å²) in [6, 6.07) is 30.9. The van der Waals surface area contributed by atoms with Crippen molar-refractivity contribution in [2.24, 2.45) is 0 Å². The first-order valence-electron chi connectivity index (χ1n) is 18.2. The predicted molar refractivity (Wildman–Crippen MR) is 213 cm³/mol. The molecule has 0 N–H and O–H groups in total. The molecule has 0 saturated carbocycles. The van der Waals surface area contributed by atoms with Gasteiger partial charge in [-0.05, 0) is 81.6 Å². The topological polar surface area (TPSA) is 105 Å². The number of hydrogen-bond acceptors (Lipinski definition) is 8. The normalized spacial score (nSPS) is 11.6. The molecular weight excluding hydrogens is 680 g/mol. The van der Waals surface area contributed by atoms with E-state index in [1.54, 1.807) is 27.7 Å². The maximum atomic E-state index is 14.3. The van der Waals surface area contributed by atoms with Crippen molar-refractivity contribution in [1.82, 2.24) is 0 Å². The molecule has 0 saturated heterocycles. The fourth-order valence-electron chi connectivity index (χ4n) is 8.05. The van der Waals surface area contributed by atoms with Crippen LogP contribution in [0.4, 0.5) is 0 Å². The number of hydrogen-bond donors (Lipinski definition) is 0. The van der Waals surface area contributed by atoms with Crippen molar-refractivity contribution >= 4 is 99.3 Å². The number of esters is 4. The van der Waals surface area contributed by atoms with Crippen LogP contribution < -0.4 is 0 Å². The van der Waals surface area contributed by atoms with Gasteiger partial charge in [-0.25, -0.2) is 19.2 Å². The molecule has 8 aromatic rings. The SMILES string of the molecule is CCOC(=O)c1c(C(=O)OCC)c2c(ccc3c2ccc2c4ccc5ccccc5c4c(C(=O)OCC)c(C(=O)OCC)c23)c2ccc3ccccc3c12. The van der Waals surface area contributed by atoms with Crippen molar-refractivity contribution in [2.75, 3.05) is 26.4 Å². The fourth-order valence-corrected chi connectivity index (χ4v) is 8.05. The van der Waals surface area contributed by atoms with Crippen LogP contribution in [0.1, 0.15) is 69.1 Å². The van der Waals surface area contributed by atoms with Gasteiger partial charge in [0.15, 0.2) is 0 Å². The van der Waals surface area contributed by atoms with Crippen molar-refractivity contribution in [3.05, 3.63) is 119 Å². The van der Waals surface area contributed by atoms with Crippen molar-refractivity contribution in [3.63, 3.8) is 0 Å². The van der Waals surface area contributed by atoms with Gasteiger partial charge in [0.1, 0.15) is 0 Å². The van der Waals surface area contributed by atoms with Crippen LogP contribution in [0.3, 0.4) is 0 Å². The largest absolute Gasteiger partial charge is 0.462 e. The van der Waals surface area contributed by atoms with Crippen LogP contribution >= 0.6 is 0 Å². The molecule has 0 amide bonds. The standard InChI is InChI=1S/C46H36O8/c1-5-51-43(47)39-35-27-15-11-9-13-25(27)17-19-29(35)31-21-24-34-33(37(31)41(39)45(49)53-7-3)23-22-32-30-20-18-26-14-10-12-16-28(26)36(30)40(44(48)52-6-2)42(38(32)34)46(50)54-8-4/h9-24H,5-8H2,1-4H3. The summed E-state index contributed by atoms with van der Waals surface area (Å²) in [5, 5.41) is 9.47. The molecule has 0 aliphatic carbocycles. The summed E-state index contributed by atoms with van der Waals surface area (Å²) in [4.78, 5) is 56.8. The minimum absolute atomic E-state index is 0.0641. The Morgan fingerprint density at radius 3 is 0.852 bits per heavy atom. The molecule has 0 atom stereocenters. The Bertz CT molecular complexity index is 2710. The molecule has 8 aromatic carbocycles. The van der Waals surface area contributed by atoms with Gasteiger partial charge in [-0.3, -0.25) is 0 Å². The Balaban J connectivity index is 1.66. The second-order valence-electron chi connectivity index (χ2n) is 12.9. The maximum absolute atomic E-state index is 14.3. The molecule has 8 rings (SSSR count). The lowest BCUT2D eigenvalue weighted by Gasteiger charge is -2.21. The number of rotatable bonds is 8. The van der Waals surface area contributed by atoms with Crippen molar-refractivity contribution in [1.29, 1.82) is 0 Å². The summed E-state index contributed by atoms with van der Waals surface area (Å²) >= 11 is 0. The minimum Gasteiger partial charge on any atom is -0.462 e. The molecule has 0 bridgehead atoms. The quantitative estimate of drug-likeness (QED) is 0.0869. The Labute approximate surface area is 310 Å². The third kappa shape index (κ3) is 5.20. The van der Waals surface area contributed by atoms with E-state index in [1.165, 1.54) is 0 Å². The van der Waals surface area contributed by atoms with Crippen LogP contribution in [0.5, 0.6) is 0 Å². The summed E-state index contributed by atoms with van der Waals surface area (Å²) in [5.74, 6) is -2.68. The Hall–Kier alpha value is -6.54. The molecule has 8 heteroatoms. The lowest BCUT2D eigenvalue weighted by atomic mass is 9.83. The summed E-state index contributed by atoms with van der Waals surface area (Å²) in [7, 11) is 0. The van der Waals surface area contributed by atoms with Gasteiger partial charge in [0.2, 0.25) is 0 Å². The van der Waals surface area contributed by atoms with E-state index in [-0.39, 0.29) is 48.7 Å². The average Bonchev–Trinajstić information content (AvgIpc) is 3.19. The number of benzene rings is 8. The Morgan fingerprint density at radius 1 is 0.333 bits per heavy atom. The first-order valence-corrected chi connectivity index (χ1v) is 18.2. The van der Waals surface area contributed by atoms with Gasteiger partial charge in [-0.1, -0.05) is 97.1 Å². The highest BCUT2D eigenvalue weighted by Crippen LogP contribution is 2.46. The third-order valence-corrected chi connectivity index (χ3v) is 10.1. The maximum Gasteiger partial charge on any atom is 0.339 e. The monoisotopic (exact) mass is 716 g/mol. The molecule has 0 radical (unpaired) electrons. The van der Waals surface area contributed by atoms with Crippen LogP contribution in [0, 0.1) is 0 Å². The first-order chi connectivity index (χ1) is 26.3. The average molecular weight is 717 g/mol. The highest BCUT2D eigenvalue weighted by molar-refractivity contribution is 6.38. The van der Waals surface area contributed by atoms with Crippen LogP contribution in [-0.4, -0.2) is 50.3 Å². The molecule has 0 fully saturated rings. The van der Waals surface area contributed by atoms with E-state index < -0.39 is 23.9 Å². The summed E-state index contributed by atoms with van der Waals surface area (Å²) in [6.07, 6.45) is 0. The number of carbonyl (C=O) groups excluding carboxylic acids is 4. The van der Waals surface area contributed by atoms with E-state index in [0.717, 1.165) is 32.3 Å². The molecule has 0 unspecified atom stereocenters. The van der Waals surface area contributed by atoms with E-state index >= 15 is 0 Å². The van der Waals surface area contributed by atoms with Crippen LogP contribution in [0.2, 0.25) is 0 Å². The molecule has 0 aromatic heterocycles. The summed E-state index contributed by atoms with van der Waals surface area (Å²) in [6.45, 7) is 7.18. The zero-order valence-corrected chi connectivity index (χ0v) is 30.3. The number of ether oxygens (including phenoxy) is 4. The Kier molecular flexibility index (Phi) is 8.82. The highest BCUT2D eigenvalue weighted by Gasteiger charge is 2.32. The molecular formula is C46H36O8. The van der Waals surface area contributed by atoms with Gasteiger partial charge in [-0.2, -0.15) is 0 Å². The second kappa shape index (κ2) is 13.8. The zero-order valence-electron chi connectivity index (χ0n) is 30.3. The smallest absolute Gasteiger partial charge is 0.339 e. The van der Waals surface area contributed by atoms with Gasteiger partial charge >= 0.3 is 23.9 Å². The summed E-state index contributed by atoms with van der Waals surface area (Å²) in [5.41, 5.74) is 0.332. The number of fused-ring (bicyclic) bond motifs is 13. The van der Waals surface area contributed by atoms with Gasteiger partial charge in [0.05, 0.1) is 48.7 Å². The molecule has 268 valence electrons. The summed E-state index contributed by atoms with van der Waals surface area (Å²) < 4.78 is 22.7. The van der Waals surface area contributed by atoms with E-state index in [2.05, 4.69) is 0 Å². The van der Waals surface area contributed by atoms with E-state index in [9.17, 15) is 19.2 Å². The highest BCUT2D eigenvalue weighted by atomic mass is 16.5. The van der Waals surface area contributed by atoms with E-state index in [0.29, 0.717) is 43.1 Å². The number of carbonyl (C=O) groups is 4. The van der Waals surface area contributed by atoms with Gasteiger partial charge in [-0.15, -0.1) is 0 Å². The second-order valence-corrected chi connectivity index (χ2v) is 12.9. The lowest BCUT2D eigenvalue weighted by molar-refractivity contribution is 0.0482. The minimum atomic E-state index is -0.684. The molecule has 0 aliphatic rings. The van der Waals surface area contributed by atoms with Crippen LogP contribution in [-0.2, 0) is 18.9 Å². The molecule has 0 aliphatic heterocycles. The fraction of sp³-hybridized carbons (Fsp3) is 0.174. The van der Waals surface area contributed by atoms with Crippen LogP contribution in [0.15, 0.2) is 97.1 Å². The van der Waals surface area contributed by atoms with Crippen molar-refractivity contribution in [2.45, 2.75) is 27.7 Å².